The Hall–Kier alpha value is -0.610. The zero-order chi connectivity index (χ0) is 14.2. The number of methoxy groups -OCH3 is 1. The van der Waals surface area contributed by atoms with Crippen LogP contribution in [-0.2, 0) is 9.53 Å². The molecule has 4 nitrogen and oxygen atoms in total. The van der Waals surface area contributed by atoms with Crippen LogP contribution in [0.5, 0.6) is 0 Å². The van der Waals surface area contributed by atoms with E-state index in [4.69, 9.17) is 10.5 Å². The van der Waals surface area contributed by atoms with Gasteiger partial charge in [0, 0.05) is 26.2 Å². The molecule has 0 aromatic heterocycles. The van der Waals surface area contributed by atoms with Crippen LogP contribution in [0, 0.1) is 5.41 Å². The van der Waals surface area contributed by atoms with E-state index in [0.29, 0.717) is 19.7 Å². The molecular formula is C14H30N2O2. The highest BCUT2D eigenvalue weighted by Gasteiger charge is 2.37. The maximum absolute atomic E-state index is 12.8. The summed E-state index contributed by atoms with van der Waals surface area (Å²) in [4.78, 5) is 14.7. The van der Waals surface area contributed by atoms with Gasteiger partial charge >= 0.3 is 0 Å². The fourth-order valence-electron chi connectivity index (χ4n) is 2.17. The summed E-state index contributed by atoms with van der Waals surface area (Å²) in [6, 6.07) is 0.233. The van der Waals surface area contributed by atoms with Crippen molar-refractivity contribution in [3.63, 3.8) is 0 Å². The Balaban J connectivity index is 5.02. The van der Waals surface area contributed by atoms with Gasteiger partial charge in [0.2, 0.25) is 5.91 Å². The molecule has 0 radical (unpaired) electrons. The molecule has 4 heteroatoms. The van der Waals surface area contributed by atoms with Crippen molar-refractivity contribution in [2.75, 3.05) is 26.8 Å². The van der Waals surface area contributed by atoms with Gasteiger partial charge in [-0.2, -0.15) is 0 Å². The monoisotopic (exact) mass is 258 g/mol. The van der Waals surface area contributed by atoms with E-state index in [1.54, 1.807) is 7.11 Å². The lowest BCUT2D eigenvalue weighted by molar-refractivity contribution is -0.145. The van der Waals surface area contributed by atoms with Gasteiger partial charge in [0.15, 0.2) is 0 Å². The summed E-state index contributed by atoms with van der Waals surface area (Å²) in [5.41, 5.74) is 5.45. The van der Waals surface area contributed by atoms with Crippen molar-refractivity contribution in [3.05, 3.63) is 0 Å². The maximum Gasteiger partial charge on any atom is 0.230 e. The molecule has 1 unspecified atom stereocenters. The lowest BCUT2D eigenvalue weighted by Crippen LogP contribution is -2.51. The lowest BCUT2D eigenvalue weighted by Gasteiger charge is -2.38. The van der Waals surface area contributed by atoms with Gasteiger partial charge in [0.25, 0.3) is 0 Å². The normalized spacial score (nSPS) is 13.4. The fraction of sp³-hybridized carbons (Fsp3) is 0.929. The number of hydrogen-bond acceptors (Lipinski definition) is 3. The maximum atomic E-state index is 12.8. The molecule has 0 aliphatic heterocycles. The van der Waals surface area contributed by atoms with Gasteiger partial charge in [0.05, 0.1) is 12.0 Å². The molecule has 108 valence electrons. The van der Waals surface area contributed by atoms with E-state index in [9.17, 15) is 4.79 Å². The van der Waals surface area contributed by atoms with Crippen molar-refractivity contribution in [2.45, 2.75) is 53.0 Å². The van der Waals surface area contributed by atoms with E-state index in [-0.39, 0.29) is 11.9 Å². The second-order valence-electron chi connectivity index (χ2n) is 4.94. The lowest BCUT2D eigenvalue weighted by atomic mass is 9.80. The van der Waals surface area contributed by atoms with Crippen LogP contribution >= 0.6 is 0 Å². The molecule has 0 rings (SSSR count). The number of amides is 1. The van der Waals surface area contributed by atoms with Crippen LogP contribution in [0.25, 0.3) is 0 Å². The largest absolute Gasteiger partial charge is 0.383 e. The SMILES string of the molecule is CCC(C)N(CCOC)C(=O)C(CC)(CC)CN. The highest BCUT2D eigenvalue weighted by atomic mass is 16.5. The van der Waals surface area contributed by atoms with Gasteiger partial charge < -0.3 is 15.4 Å². The van der Waals surface area contributed by atoms with Crippen LogP contribution in [0.15, 0.2) is 0 Å². The number of ether oxygens (including phenoxy) is 1. The van der Waals surface area contributed by atoms with Gasteiger partial charge in [0.1, 0.15) is 0 Å². The third-order valence-corrected chi connectivity index (χ3v) is 4.12. The van der Waals surface area contributed by atoms with Crippen LogP contribution in [0.1, 0.15) is 47.0 Å². The summed E-state index contributed by atoms with van der Waals surface area (Å²) in [6.07, 6.45) is 2.53. The third-order valence-electron chi connectivity index (χ3n) is 4.12. The van der Waals surface area contributed by atoms with Gasteiger partial charge in [-0.3, -0.25) is 4.79 Å². The Morgan fingerprint density at radius 2 is 1.89 bits per heavy atom. The number of rotatable bonds is 9. The summed E-state index contributed by atoms with van der Waals surface area (Å²) < 4.78 is 5.11. The van der Waals surface area contributed by atoms with Crippen LogP contribution in [0.3, 0.4) is 0 Å². The van der Waals surface area contributed by atoms with E-state index < -0.39 is 5.41 Å². The average molecular weight is 258 g/mol. The Kier molecular flexibility index (Phi) is 8.20. The minimum Gasteiger partial charge on any atom is -0.383 e. The number of hydrogen-bond donors (Lipinski definition) is 1. The summed E-state index contributed by atoms with van der Waals surface area (Å²) in [5.74, 6) is 0.182. The molecule has 0 bridgehead atoms. The molecule has 0 spiro atoms. The molecule has 1 atom stereocenters. The van der Waals surface area contributed by atoms with Crippen LogP contribution in [0.4, 0.5) is 0 Å². The highest BCUT2D eigenvalue weighted by molar-refractivity contribution is 5.83. The zero-order valence-corrected chi connectivity index (χ0v) is 12.7. The molecule has 0 aromatic carbocycles. The Morgan fingerprint density at radius 3 is 2.22 bits per heavy atom. The van der Waals surface area contributed by atoms with Gasteiger partial charge in [-0.15, -0.1) is 0 Å². The number of carbonyl (C=O) groups is 1. The van der Waals surface area contributed by atoms with E-state index >= 15 is 0 Å². The zero-order valence-electron chi connectivity index (χ0n) is 12.7. The molecule has 0 fully saturated rings. The molecule has 0 saturated heterocycles. The van der Waals surface area contributed by atoms with Crippen LogP contribution < -0.4 is 5.73 Å². The number of carbonyl (C=O) groups excluding carboxylic acids is 1. The molecule has 18 heavy (non-hydrogen) atoms. The number of nitrogens with zero attached hydrogens (tertiary/aromatic N) is 1. The van der Waals surface area contributed by atoms with Crippen molar-refractivity contribution in [1.82, 2.24) is 4.90 Å². The summed E-state index contributed by atoms with van der Waals surface area (Å²) in [7, 11) is 1.66. The quantitative estimate of drug-likeness (QED) is 0.688. The molecule has 0 aliphatic rings. The molecule has 0 saturated carbocycles. The van der Waals surface area contributed by atoms with Crippen molar-refractivity contribution in [1.29, 1.82) is 0 Å². The van der Waals surface area contributed by atoms with E-state index in [1.165, 1.54) is 0 Å². The number of nitrogens with two attached hydrogens (primary N) is 1. The van der Waals surface area contributed by atoms with E-state index in [1.807, 2.05) is 18.7 Å². The summed E-state index contributed by atoms with van der Waals surface area (Å²) >= 11 is 0. The molecule has 0 aromatic rings. The first kappa shape index (κ1) is 17.4. The summed E-state index contributed by atoms with van der Waals surface area (Å²) in [5, 5.41) is 0. The third kappa shape index (κ3) is 3.95. The van der Waals surface area contributed by atoms with Crippen molar-refractivity contribution in [3.8, 4) is 0 Å². The minimum absolute atomic E-state index is 0.182. The first-order valence-electron chi connectivity index (χ1n) is 7.02. The second-order valence-corrected chi connectivity index (χ2v) is 4.94. The predicted molar refractivity (Wildman–Crippen MR) is 75.4 cm³/mol. The average Bonchev–Trinajstić information content (AvgIpc) is 2.41. The summed E-state index contributed by atoms with van der Waals surface area (Å²) in [6.45, 7) is 9.90. The predicted octanol–water partition coefficient (Wildman–Crippen LogP) is 2.02. The van der Waals surface area contributed by atoms with Crippen molar-refractivity contribution >= 4 is 5.91 Å². The highest BCUT2D eigenvalue weighted by Crippen LogP contribution is 2.28. The molecule has 0 aliphatic carbocycles. The standard InChI is InChI=1S/C14H30N2O2/c1-6-12(4)16(9-10-18-5)13(17)14(7-2,8-3)11-15/h12H,6-11,15H2,1-5H3. The molecular weight excluding hydrogens is 228 g/mol. The van der Waals surface area contributed by atoms with Gasteiger partial charge in [-0.05, 0) is 26.2 Å². The van der Waals surface area contributed by atoms with E-state index in [0.717, 1.165) is 19.3 Å². The van der Waals surface area contributed by atoms with Gasteiger partial charge in [-0.25, -0.2) is 0 Å². The Bertz CT molecular complexity index is 232. The smallest absolute Gasteiger partial charge is 0.230 e. The topological polar surface area (TPSA) is 55.6 Å². The van der Waals surface area contributed by atoms with Crippen molar-refractivity contribution < 1.29 is 9.53 Å². The van der Waals surface area contributed by atoms with Crippen molar-refractivity contribution in [2.24, 2.45) is 11.1 Å². The fourth-order valence-corrected chi connectivity index (χ4v) is 2.17. The Labute approximate surface area is 112 Å². The molecule has 1 amide bonds. The van der Waals surface area contributed by atoms with Crippen LogP contribution in [-0.4, -0.2) is 43.7 Å². The van der Waals surface area contributed by atoms with Crippen LogP contribution in [0.2, 0.25) is 0 Å². The minimum atomic E-state index is -0.406. The Morgan fingerprint density at radius 1 is 1.33 bits per heavy atom. The first-order chi connectivity index (χ1) is 8.52. The van der Waals surface area contributed by atoms with E-state index in [2.05, 4.69) is 13.8 Å². The first-order valence-corrected chi connectivity index (χ1v) is 7.02. The molecule has 2 N–H and O–H groups in total. The second kappa shape index (κ2) is 8.48. The van der Waals surface area contributed by atoms with Gasteiger partial charge in [-0.1, -0.05) is 20.8 Å². The molecule has 0 heterocycles.